The van der Waals surface area contributed by atoms with Gasteiger partial charge in [-0.15, -0.1) is 0 Å². The molecule has 20 heavy (non-hydrogen) atoms. The van der Waals surface area contributed by atoms with Crippen molar-refractivity contribution in [3.63, 3.8) is 0 Å². The van der Waals surface area contributed by atoms with Crippen LogP contribution in [0.3, 0.4) is 0 Å². The van der Waals surface area contributed by atoms with Crippen molar-refractivity contribution in [3.8, 4) is 0 Å². The van der Waals surface area contributed by atoms with Crippen LogP contribution in [0.25, 0.3) is 0 Å². The summed E-state index contributed by atoms with van der Waals surface area (Å²) in [6.07, 6.45) is 4.57. The third kappa shape index (κ3) is 3.64. The Balaban J connectivity index is 1.88. The highest BCUT2D eigenvalue weighted by Gasteiger charge is 2.43. The molecule has 0 amide bonds. The Hall–Kier alpha value is -0.810. The van der Waals surface area contributed by atoms with Crippen molar-refractivity contribution >= 4 is 5.96 Å². The van der Waals surface area contributed by atoms with Crippen LogP contribution in [-0.2, 0) is 9.47 Å². The molecule has 5 heteroatoms. The maximum atomic E-state index is 6.18. The van der Waals surface area contributed by atoms with E-state index >= 15 is 0 Å². The van der Waals surface area contributed by atoms with Crippen molar-refractivity contribution in [2.45, 2.75) is 44.5 Å². The van der Waals surface area contributed by atoms with Crippen LogP contribution in [0, 0.1) is 5.92 Å². The molecule has 1 aliphatic heterocycles. The second-order valence-corrected chi connectivity index (χ2v) is 6.57. The predicted molar refractivity (Wildman–Crippen MR) is 80.9 cm³/mol. The van der Waals surface area contributed by atoms with Crippen molar-refractivity contribution in [2.75, 3.05) is 41.3 Å². The van der Waals surface area contributed by atoms with E-state index in [4.69, 9.17) is 9.47 Å². The van der Waals surface area contributed by atoms with Crippen LogP contribution in [0.4, 0.5) is 0 Å². The molecule has 1 unspecified atom stereocenters. The smallest absolute Gasteiger partial charge is 0.195 e. The molecular formula is C15H29N3O2. The van der Waals surface area contributed by atoms with Gasteiger partial charge < -0.3 is 19.3 Å². The molecule has 1 spiro atoms. The molecule has 1 saturated carbocycles. The molecule has 0 aromatic heterocycles. The Morgan fingerprint density at radius 3 is 2.30 bits per heavy atom. The van der Waals surface area contributed by atoms with Crippen LogP contribution in [0.2, 0.25) is 0 Å². The largest absolute Gasteiger partial charge is 0.349 e. The molecule has 0 aromatic rings. The van der Waals surface area contributed by atoms with E-state index < -0.39 is 0 Å². The minimum Gasteiger partial charge on any atom is -0.349 e. The van der Waals surface area contributed by atoms with Crippen LogP contribution in [-0.4, -0.2) is 69.0 Å². The van der Waals surface area contributed by atoms with Gasteiger partial charge in [-0.3, -0.25) is 4.99 Å². The first-order valence-electron chi connectivity index (χ1n) is 7.63. The monoisotopic (exact) mass is 283 g/mol. The molecule has 1 saturated heterocycles. The van der Waals surface area contributed by atoms with Crippen LogP contribution >= 0.6 is 0 Å². The average Bonchev–Trinajstić information content (AvgIpc) is 2.76. The van der Waals surface area contributed by atoms with Gasteiger partial charge >= 0.3 is 0 Å². The molecule has 1 atom stereocenters. The number of nitrogens with zero attached hydrogens (tertiary/aromatic N) is 3. The fourth-order valence-corrected chi connectivity index (χ4v) is 3.04. The van der Waals surface area contributed by atoms with E-state index in [0.29, 0.717) is 13.2 Å². The molecule has 0 N–H and O–H groups in total. The summed E-state index contributed by atoms with van der Waals surface area (Å²) in [6.45, 7) is 3.65. The lowest BCUT2D eigenvalue weighted by Gasteiger charge is -2.34. The van der Waals surface area contributed by atoms with Gasteiger partial charge in [-0.2, -0.15) is 0 Å². The van der Waals surface area contributed by atoms with E-state index in [2.05, 4.69) is 11.9 Å². The summed E-state index contributed by atoms with van der Waals surface area (Å²) in [6, 6.07) is 0. The summed E-state index contributed by atoms with van der Waals surface area (Å²) >= 11 is 0. The minimum atomic E-state index is -0.302. The Labute approximate surface area is 122 Å². The van der Waals surface area contributed by atoms with Crippen LogP contribution in [0.1, 0.15) is 32.6 Å². The van der Waals surface area contributed by atoms with Crippen molar-refractivity contribution < 1.29 is 9.47 Å². The lowest BCUT2D eigenvalue weighted by atomic mass is 9.86. The van der Waals surface area contributed by atoms with Crippen LogP contribution < -0.4 is 0 Å². The quantitative estimate of drug-likeness (QED) is 0.572. The fourth-order valence-electron chi connectivity index (χ4n) is 3.04. The maximum Gasteiger partial charge on any atom is 0.195 e. The number of hydrogen-bond acceptors (Lipinski definition) is 3. The molecule has 0 radical (unpaired) electrons. The van der Waals surface area contributed by atoms with Gasteiger partial charge in [-0.25, -0.2) is 0 Å². The molecule has 1 heterocycles. The number of aliphatic imine (C=N–C) groups is 1. The summed E-state index contributed by atoms with van der Waals surface area (Å²) in [5, 5.41) is 0. The normalized spacial score (nSPS) is 33.2. The zero-order chi connectivity index (χ0) is 14.8. The topological polar surface area (TPSA) is 37.3 Å². The van der Waals surface area contributed by atoms with E-state index in [1.807, 2.05) is 38.0 Å². The van der Waals surface area contributed by atoms with Gasteiger partial charge in [0.05, 0.1) is 13.2 Å². The number of hydrogen-bond donors (Lipinski definition) is 0. The average molecular weight is 283 g/mol. The van der Waals surface area contributed by atoms with Gasteiger partial charge in [0, 0.05) is 41.0 Å². The lowest BCUT2D eigenvalue weighted by molar-refractivity contribution is -0.190. The van der Waals surface area contributed by atoms with Crippen molar-refractivity contribution in [1.29, 1.82) is 0 Å². The van der Waals surface area contributed by atoms with Crippen molar-refractivity contribution in [3.05, 3.63) is 0 Å². The van der Waals surface area contributed by atoms with E-state index in [1.165, 1.54) is 12.8 Å². The third-order valence-electron chi connectivity index (χ3n) is 4.19. The van der Waals surface area contributed by atoms with Crippen molar-refractivity contribution in [1.82, 2.24) is 9.80 Å². The van der Waals surface area contributed by atoms with Gasteiger partial charge in [-0.05, 0) is 18.8 Å². The van der Waals surface area contributed by atoms with Crippen molar-refractivity contribution in [2.24, 2.45) is 10.9 Å². The standard InChI is InChI=1S/C15H29N3O2/c1-12-6-8-15(9-7-12)19-11-13(20-15)10-16-14(17(2)3)18(4)5/h12-13H,6-11H2,1-5H3. The van der Waals surface area contributed by atoms with Gasteiger partial charge in [0.25, 0.3) is 0 Å². The zero-order valence-electron chi connectivity index (χ0n) is 13.6. The highest BCUT2D eigenvalue weighted by molar-refractivity contribution is 5.79. The van der Waals surface area contributed by atoms with Crippen LogP contribution in [0.15, 0.2) is 4.99 Å². The first-order chi connectivity index (χ1) is 9.42. The van der Waals surface area contributed by atoms with E-state index in [0.717, 1.165) is 24.7 Å². The summed E-state index contributed by atoms with van der Waals surface area (Å²) in [5.41, 5.74) is 0. The molecule has 2 aliphatic rings. The Morgan fingerprint density at radius 2 is 1.75 bits per heavy atom. The number of guanidine groups is 1. The fraction of sp³-hybridized carbons (Fsp3) is 0.933. The lowest BCUT2D eigenvalue weighted by Crippen LogP contribution is -2.37. The Morgan fingerprint density at radius 1 is 1.15 bits per heavy atom. The molecule has 0 aromatic carbocycles. The highest BCUT2D eigenvalue weighted by Crippen LogP contribution is 2.39. The molecular weight excluding hydrogens is 254 g/mol. The zero-order valence-corrected chi connectivity index (χ0v) is 13.6. The summed E-state index contributed by atoms with van der Waals surface area (Å²) in [4.78, 5) is 8.70. The second kappa shape index (κ2) is 6.31. The summed E-state index contributed by atoms with van der Waals surface area (Å²) < 4.78 is 12.2. The Kier molecular flexibility index (Phi) is 4.91. The second-order valence-electron chi connectivity index (χ2n) is 6.57. The van der Waals surface area contributed by atoms with Gasteiger partial charge in [0.2, 0.25) is 0 Å². The van der Waals surface area contributed by atoms with E-state index in [-0.39, 0.29) is 11.9 Å². The minimum absolute atomic E-state index is 0.0957. The SMILES string of the molecule is CC1CCC2(CC1)OCC(CN=C(N(C)C)N(C)C)O2. The van der Waals surface area contributed by atoms with E-state index in [9.17, 15) is 0 Å². The molecule has 0 bridgehead atoms. The molecule has 2 rings (SSSR count). The summed E-state index contributed by atoms with van der Waals surface area (Å²) in [7, 11) is 8.04. The summed E-state index contributed by atoms with van der Waals surface area (Å²) in [5.74, 6) is 1.47. The molecule has 2 fully saturated rings. The van der Waals surface area contributed by atoms with Gasteiger partial charge in [0.1, 0.15) is 6.10 Å². The van der Waals surface area contributed by atoms with Gasteiger partial charge in [-0.1, -0.05) is 6.92 Å². The highest BCUT2D eigenvalue weighted by atomic mass is 16.7. The first kappa shape index (κ1) is 15.6. The number of rotatable bonds is 2. The third-order valence-corrected chi connectivity index (χ3v) is 4.19. The first-order valence-corrected chi connectivity index (χ1v) is 7.63. The predicted octanol–water partition coefficient (Wildman–Crippen LogP) is 1.79. The van der Waals surface area contributed by atoms with E-state index in [1.54, 1.807) is 0 Å². The molecule has 5 nitrogen and oxygen atoms in total. The Bertz CT molecular complexity index is 337. The number of ether oxygens (including phenoxy) is 2. The maximum absolute atomic E-state index is 6.18. The molecule has 116 valence electrons. The van der Waals surface area contributed by atoms with Crippen LogP contribution in [0.5, 0.6) is 0 Å². The molecule has 1 aliphatic carbocycles. The van der Waals surface area contributed by atoms with Gasteiger partial charge in [0.15, 0.2) is 11.7 Å².